The van der Waals surface area contributed by atoms with Crippen molar-refractivity contribution >= 4 is 11.6 Å². The molecule has 0 fully saturated rings. The summed E-state index contributed by atoms with van der Waals surface area (Å²) in [5, 5.41) is 2.69. The van der Waals surface area contributed by atoms with Crippen molar-refractivity contribution in [3.8, 4) is 0 Å². The van der Waals surface area contributed by atoms with Gasteiger partial charge in [0.25, 0.3) is 0 Å². The minimum Gasteiger partial charge on any atom is -0.475 e. The molecule has 0 spiro atoms. The van der Waals surface area contributed by atoms with E-state index in [4.69, 9.17) is 11.6 Å². The molecule has 60 valence electrons. The van der Waals surface area contributed by atoms with Crippen LogP contribution < -0.4 is 5.32 Å². The van der Waals surface area contributed by atoms with E-state index in [1.54, 1.807) is 0 Å². The molecular weight excluding hydrogens is 158 g/mol. The molecule has 0 saturated carbocycles. The maximum Gasteiger partial charge on any atom is 0.0776 e. The van der Waals surface area contributed by atoms with Gasteiger partial charge in [0.05, 0.1) is 6.54 Å². The van der Waals surface area contributed by atoms with E-state index < -0.39 is 0 Å². The number of hydrogen-bond acceptors (Lipinski definition) is 0. The molecule has 1 nitrogen and oxygen atoms in total. The number of benzene rings is 1. The predicted molar refractivity (Wildman–Crippen MR) is 47.2 cm³/mol. The summed E-state index contributed by atoms with van der Waals surface area (Å²) in [6, 6.07) is 5.92. The molecule has 1 rings (SSSR count). The summed E-state index contributed by atoms with van der Waals surface area (Å²) >= 11 is 5.82. The maximum absolute atomic E-state index is 5.82. The average molecular weight is 170 g/mol. The van der Waals surface area contributed by atoms with E-state index in [1.165, 1.54) is 11.1 Å². The summed E-state index contributed by atoms with van der Waals surface area (Å²) in [6.07, 6.45) is 0. The van der Waals surface area contributed by atoms with Crippen LogP contribution in [0.2, 0.25) is 5.02 Å². The first kappa shape index (κ1) is 8.57. The zero-order chi connectivity index (χ0) is 8.27. The Balaban J connectivity index is 2.93. The quantitative estimate of drug-likeness (QED) is 0.647. The van der Waals surface area contributed by atoms with Crippen molar-refractivity contribution < 1.29 is 5.32 Å². The Morgan fingerprint density at radius 3 is 2.91 bits per heavy atom. The first-order valence-electron chi connectivity index (χ1n) is 3.60. The third kappa shape index (κ3) is 2.21. The molecule has 0 unspecified atom stereocenters. The van der Waals surface area contributed by atoms with Gasteiger partial charge in [-0.25, -0.2) is 0 Å². The van der Waals surface area contributed by atoms with E-state index in [9.17, 15) is 0 Å². The second kappa shape index (κ2) is 3.74. The van der Waals surface area contributed by atoms with Crippen LogP contribution in [0.25, 0.3) is 0 Å². The van der Waals surface area contributed by atoms with E-state index >= 15 is 0 Å². The normalized spacial score (nSPS) is 10.1. The number of aryl methyl sites for hydroxylation is 1. The topological polar surface area (TPSA) is 16.6 Å². The van der Waals surface area contributed by atoms with Gasteiger partial charge in [0.2, 0.25) is 0 Å². The molecule has 0 heterocycles. The predicted octanol–water partition coefficient (Wildman–Crippen LogP) is 1.50. The number of halogens is 1. The molecule has 0 aliphatic carbocycles. The Bertz CT molecular complexity index is 245. The third-order valence-electron chi connectivity index (χ3n) is 1.68. The summed E-state index contributed by atoms with van der Waals surface area (Å²) in [6.45, 7) is 2.97. The fraction of sp³-hybridized carbons (Fsp3) is 0.222. The van der Waals surface area contributed by atoms with Crippen molar-refractivity contribution in [2.24, 2.45) is 0 Å². The number of hydrogen-bond donors (Lipinski definition) is 1. The zero-order valence-corrected chi connectivity index (χ0v) is 7.36. The smallest absolute Gasteiger partial charge is 0.0776 e. The first-order chi connectivity index (χ1) is 5.24. The van der Waals surface area contributed by atoms with Gasteiger partial charge in [-0.05, 0) is 24.6 Å². The summed E-state index contributed by atoms with van der Waals surface area (Å²) < 4.78 is 0. The lowest BCUT2D eigenvalue weighted by Crippen LogP contribution is -2.74. The maximum atomic E-state index is 5.82. The van der Waals surface area contributed by atoms with Crippen molar-refractivity contribution in [2.75, 3.05) is 0 Å². The monoisotopic (exact) mass is 169 g/mol. The summed E-state index contributed by atoms with van der Waals surface area (Å²) in [5.74, 6) is 0. The van der Waals surface area contributed by atoms with Crippen LogP contribution in [0.4, 0.5) is 0 Å². The van der Waals surface area contributed by atoms with E-state index in [2.05, 4.69) is 14.0 Å². The van der Waals surface area contributed by atoms with E-state index in [0.29, 0.717) is 0 Å². The van der Waals surface area contributed by atoms with Crippen LogP contribution in [0.3, 0.4) is 0 Å². The van der Waals surface area contributed by atoms with Gasteiger partial charge in [-0.1, -0.05) is 17.7 Å². The van der Waals surface area contributed by atoms with Gasteiger partial charge < -0.3 is 5.32 Å². The lowest BCUT2D eigenvalue weighted by molar-refractivity contribution is -0.612. The minimum atomic E-state index is 0.799. The van der Waals surface area contributed by atoms with Gasteiger partial charge in [-0.3, -0.25) is 0 Å². The van der Waals surface area contributed by atoms with Gasteiger partial charge in [0, 0.05) is 10.6 Å². The van der Waals surface area contributed by atoms with Gasteiger partial charge in [-0.15, -0.1) is 0 Å². The molecule has 1 aromatic rings. The van der Waals surface area contributed by atoms with Crippen molar-refractivity contribution in [3.63, 3.8) is 0 Å². The van der Waals surface area contributed by atoms with E-state index in [-0.39, 0.29) is 0 Å². The van der Waals surface area contributed by atoms with Crippen LogP contribution in [0.1, 0.15) is 11.1 Å². The summed E-state index contributed by atoms with van der Waals surface area (Å²) in [7, 11) is 3.68. The fourth-order valence-corrected chi connectivity index (χ4v) is 1.21. The Hall–Kier alpha value is -0.530. The standard InChI is InChI=1S/C9H12ClN/c1-7-3-4-9(10)5-8(7)6-11-2/h3-5H,2,6,11H2,1H3. The van der Waals surface area contributed by atoms with Crippen molar-refractivity contribution in [1.82, 2.24) is 0 Å². The first-order valence-corrected chi connectivity index (χ1v) is 3.98. The highest BCUT2D eigenvalue weighted by Crippen LogP contribution is 2.13. The SMILES string of the molecule is [CH2-][NH2+]Cc1cc(Cl)ccc1C. The fourth-order valence-electron chi connectivity index (χ4n) is 1.02. The minimum absolute atomic E-state index is 0.799. The molecule has 2 heteroatoms. The van der Waals surface area contributed by atoms with Crippen LogP contribution in [0.5, 0.6) is 0 Å². The highest BCUT2D eigenvalue weighted by molar-refractivity contribution is 6.30. The average Bonchev–Trinajstić information content (AvgIpc) is 1.98. The summed E-state index contributed by atoms with van der Waals surface area (Å²) in [4.78, 5) is 0. The van der Waals surface area contributed by atoms with Crippen molar-refractivity contribution in [1.29, 1.82) is 0 Å². The Labute approximate surface area is 72.4 Å². The van der Waals surface area contributed by atoms with Crippen molar-refractivity contribution in [2.45, 2.75) is 13.5 Å². The zero-order valence-electron chi connectivity index (χ0n) is 6.60. The molecule has 0 bridgehead atoms. The van der Waals surface area contributed by atoms with Crippen LogP contribution in [0, 0.1) is 14.0 Å². The van der Waals surface area contributed by atoms with Crippen molar-refractivity contribution in [3.05, 3.63) is 41.4 Å². The lowest BCUT2D eigenvalue weighted by Gasteiger charge is -2.04. The molecule has 0 aliphatic rings. The molecule has 0 amide bonds. The highest BCUT2D eigenvalue weighted by Gasteiger charge is 1.97. The molecule has 0 aromatic heterocycles. The highest BCUT2D eigenvalue weighted by atomic mass is 35.5. The summed E-state index contributed by atoms with van der Waals surface area (Å²) in [5.41, 5.74) is 2.53. The van der Waals surface area contributed by atoms with Gasteiger partial charge in [0.1, 0.15) is 0 Å². The molecule has 0 radical (unpaired) electrons. The van der Waals surface area contributed by atoms with Crippen LogP contribution in [-0.4, -0.2) is 0 Å². The molecule has 0 saturated heterocycles. The second-order valence-corrected chi connectivity index (χ2v) is 3.00. The largest absolute Gasteiger partial charge is 0.475 e. The van der Waals surface area contributed by atoms with Gasteiger partial charge >= 0.3 is 0 Å². The lowest BCUT2D eigenvalue weighted by atomic mass is 10.1. The van der Waals surface area contributed by atoms with E-state index in [1.807, 2.05) is 23.5 Å². The number of quaternary nitrogens is 1. The molecule has 1 aromatic carbocycles. The number of nitrogens with two attached hydrogens (primary N) is 1. The van der Waals surface area contributed by atoms with E-state index in [0.717, 1.165) is 11.6 Å². The molecular formula is C9H12ClN. The molecule has 0 atom stereocenters. The molecule has 0 aliphatic heterocycles. The van der Waals surface area contributed by atoms with Crippen LogP contribution >= 0.6 is 11.6 Å². The Morgan fingerprint density at radius 2 is 2.27 bits per heavy atom. The Kier molecular flexibility index (Phi) is 2.92. The van der Waals surface area contributed by atoms with Gasteiger partial charge in [-0.2, -0.15) is 7.05 Å². The number of rotatable bonds is 2. The van der Waals surface area contributed by atoms with Crippen LogP contribution in [0.15, 0.2) is 18.2 Å². The van der Waals surface area contributed by atoms with Crippen LogP contribution in [-0.2, 0) is 6.54 Å². The molecule has 11 heavy (non-hydrogen) atoms. The van der Waals surface area contributed by atoms with Gasteiger partial charge in [0.15, 0.2) is 0 Å². The molecule has 2 N–H and O–H groups in total. The third-order valence-corrected chi connectivity index (χ3v) is 1.91. The Morgan fingerprint density at radius 1 is 1.55 bits per heavy atom. The second-order valence-electron chi connectivity index (χ2n) is 2.56.